The summed E-state index contributed by atoms with van der Waals surface area (Å²) in [5, 5.41) is 0.213. The van der Waals surface area contributed by atoms with E-state index in [0.717, 1.165) is 6.42 Å². The fraction of sp³-hybridized carbons (Fsp3) is 0.737. The van der Waals surface area contributed by atoms with E-state index in [2.05, 4.69) is 65.9 Å². The van der Waals surface area contributed by atoms with Crippen molar-refractivity contribution >= 4 is 14.1 Å². The molecule has 0 radical (unpaired) electrons. The molecule has 0 aliphatic heterocycles. The van der Waals surface area contributed by atoms with Crippen LogP contribution in [0.1, 0.15) is 47.5 Å². The third-order valence-corrected chi connectivity index (χ3v) is 11.9. The lowest BCUT2D eigenvalue weighted by Crippen LogP contribution is -2.48. The van der Waals surface area contributed by atoms with Gasteiger partial charge < -0.3 is 4.43 Å². The number of carbonyl (C=O) groups is 1. The fourth-order valence-electron chi connectivity index (χ4n) is 4.47. The molecular weight excluding hydrogens is 288 g/mol. The molecule has 0 unspecified atom stereocenters. The number of hydrogen-bond donors (Lipinski definition) is 0. The first-order chi connectivity index (χ1) is 9.87. The standard InChI is InChI=1S/C19H30O2Si/c1-16(2,3)22(6,7)21-15-13-19-11-10-17(15,4)18(19,5)9-8-14(20)12-19/h8-11,15H,12-13H2,1-7H3/t15-,17+,18-,19+/m1/s1. The molecule has 3 heteroatoms. The van der Waals surface area contributed by atoms with Crippen molar-refractivity contribution < 1.29 is 9.22 Å². The summed E-state index contributed by atoms with van der Waals surface area (Å²) < 4.78 is 6.83. The van der Waals surface area contributed by atoms with Gasteiger partial charge in [0, 0.05) is 22.7 Å². The molecule has 1 saturated carbocycles. The zero-order chi connectivity index (χ0) is 16.6. The summed E-state index contributed by atoms with van der Waals surface area (Å²) in [6, 6.07) is 0. The molecule has 1 fully saturated rings. The second kappa shape index (κ2) is 4.24. The van der Waals surface area contributed by atoms with E-state index in [4.69, 9.17) is 4.43 Å². The maximum absolute atomic E-state index is 12.0. The highest BCUT2D eigenvalue weighted by Gasteiger charge is 2.70. The van der Waals surface area contributed by atoms with Gasteiger partial charge >= 0.3 is 0 Å². The van der Waals surface area contributed by atoms with Crippen LogP contribution in [-0.2, 0) is 9.22 Å². The summed E-state index contributed by atoms with van der Waals surface area (Å²) in [5.74, 6) is 0.263. The van der Waals surface area contributed by atoms with Gasteiger partial charge in [-0.2, -0.15) is 0 Å². The van der Waals surface area contributed by atoms with Gasteiger partial charge in [0.2, 0.25) is 0 Å². The first-order valence-corrected chi connectivity index (χ1v) is 11.4. The van der Waals surface area contributed by atoms with Crippen molar-refractivity contribution in [3.05, 3.63) is 24.3 Å². The maximum Gasteiger partial charge on any atom is 0.192 e. The zero-order valence-corrected chi connectivity index (χ0v) is 16.1. The Hall–Kier alpha value is -0.673. The molecule has 0 aromatic carbocycles. The minimum atomic E-state index is -1.81. The Morgan fingerprint density at radius 3 is 2.41 bits per heavy atom. The lowest BCUT2D eigenvalue weighted by Gasteiger charge is -2.46. The van der Waals surface area contributed by atoms with Gasteiger partial charge in [0.1, 0.15) is 0 Å². The lowest BCUT2D eigenvalue weighted by molar-refractivity contribution is -0.118. The van der Waals surface area contributed by atoms with E-state index in [1.807, 2.05) is 0 Å². The number of rotatable bonds is 2. The van der Waals surface area contributed by atoms with E-state index in [0.29, 0.717) is 6.42 Å². The van der Waals surface area contributed by atoms with Crippen LogP contribution in [0.15, 0.2) is 24.3 Å². The summed E-state index contributed by atoms with van der Waals surface area (Å²) in [6.07, 6.45) is 10.5. The summed E-state index contributed by atoms with van der Waals surface area (Å²) >= 11 is 0. The zero-order valence-electron chi connectivity index (χ0n) is 15.1. The quantitative estimate of drug-likeness (QED) is 0.536. The first-order valence-electron chi connectivity index (χ1n) is 8.47. The van der Waals surface area contributed by atoms with Crippen LogP contribution in [0.25, 0.3) is 0 Å². The molecule has 0 amide bonds. The number of carbonyl (C=O) groups excluding carboxylic acids is 1. The van der Waals surface area contributed by atoms with E-state index in [1.165, 1.54) is 0 Å². The highest BCUT2D eigenvalue weighted by molar-refractivity contribution is 6.74. The Labute approximate surface area is 136 Å². The van der Waals surface area contributed by atoms with Crippen molar-refractivity contribution in [2.24, 2.45) is 16.2 Å². The van der Waals surface area contributed by atoms with Crippen LogP contribution < -0.4 is 0 Å². The predicted molar refractivity (Wildman–Crippen MR) is 93.2 cm³/mol. The van der Waals surface area contributed by atoms with Crippen LogP contribution in [0.2, 0.25) is 18.1 Å². The van der Waals surface area contributed by atoms with Gasteiger partial charge in [-0.3, -0.25) is 4.79 Å². The molecule has 0 aromatic rings. The van der Waals surface area contributed by atoms with Gasteiger partial charge in [-0.25, -0.2) is 0 Å². The third kappa shape index (κ3) is 1.78. The van der Waals surface area contributed by atoms with Crippen LogP contribution in [-0.4, -0.2) is 20.2 Å². The van der Waals surface area contributed by atoms with E-state index < -0.39 is 8.32 Å². The van der Waals surface area contributed by atoms with Crippen molar-refractivity contribution in [2.75, 3.05) is 0 Å². The minimum Gasteiger partial charge on any atom is -0.413 e. The summed E-state index contributed by atoms with van der Waals surface area (Å²) in [5.41, 5.74) is -0.0126. The largest absolute Gasteiger partial charge is 0.413 e. The highest BCUT2D eigenvalue weighted by Crippen LogP contribution is 2.72. The Balaban J connectivity index is 1.98. The topological polar surface area (TPSA) is 26.3 Å². The van der Waals surface area contributed by atoms with Crippen molar-refractivity contribution in [3.8, 4) is 0 Å². The van der Waals surface area contributed by atoms with Gasteiger partial charge in [-0.15, -0.1) is 0 Å². The maximum atomic E-state index is 12.0. The second-order valence-corrected chi connectivity index (χ2v) is 14.3. The molecule has 4 atom stereocenters. The molecular formula is C19H30O2Si. The molecule has 3 rings (SSSR count). The van der Waals surface area contributed by atoms with Gasteiger partial charge in [0.15, 0.2) is 14.1 Å². The average molecular weight is 319 g/mol. The molecule has 3 aliphatic carbocycles. The summed E-state index contributed by atoms with van der Waals surface area (Å²) in [6.45, 7) is 16.2. The molecule has 122 valence electrons. The molecule has 0 heterocycles. The van der Waals surface area contributed by atoms with Gasteiger partial charge in [-0.1, -0.05) is 52.8 Å². The monoisotopic (exact) mass is 318 g/mol. The summed E-state index contributed by atoms with van der Waals surface area (Å²) in [7, 11) is -1.81. The molecule has 22 heavy (non-hydrogen) atoms. The lowest BCUT2D eigenvalue weighted by atomic mass is 9.58. The number of allylic oxidation sites excluding steroid dienone is 3. The van der Waals surface area contributed by atoms with E-state index in [-0.39, 0.29) is 33.2 Å². The molecule has 0 N–H and O–H groups in total. The van der Waals surface area contributed by atoms with Crippen LogP contribution in [0.5, 0.6) is 0 Å². The average Bonchev–Trinajstić information content (AvgIpc) is 2.68. The second-order valence-electron chi connectivity index (χ2n) is 9.52. The van der Waals surface area contributed by atoms with Crippen LogP contribution in [0, 0.1) is 16.2 Å². The highest BCUT2D eigenvalue weighted by atomic mass is 28.4. The Morgan fingerprint density at radius 2 is 1.82 bits per heavy atom. The van der Waals surface area contributed by atoms with E-state index >= 15 is 0 Å². The Morgan fingerprint density at radius 1 is 1.18 bits per heavy atom. The number of ketones is 1. The normalized spacial score (nSPS) is 43.8. The van der Waals surface area contributed by atoms with Gasteiger partial charge in [-0.05, 0) is 30.6 Å². The Bertz CT molecular complexity index is 583. The van der Waals surface area contributed by atoms with E-state index in [9.17, 15) is 4.79 Å². The summed E-state index contributed by atoms with van der Waals surface area (Å²) in [4.78, 5) is 12.0. The molecule has 2 bridgehead atoms. The van der Waals surface area contributed by atoms with Crippen molar-refractivity contribution in [1.29, 1.82) is 0 Å². The SMILES string of the molecule is CC(C)(C)[Si](C)(C)O[C@@H]1C[C@@]23C=C[C@]1(C)[C@@]2(C)C=CC(=O)C3. The molecule has 3 aliphatic rings. The Kier molecular flexibility index (Phi) is 3.12. The van der Waals surface area contributed by atoms with Crippen molar-refractivity contribution in [2.45, 2.75) is 71.7 Å². The molecule has 0 aromatic heterocycles. The van der Waals surface area contributed by atoms with Gasteiger partial charge in [0.25, 0.3) is 0 Å². The van der Waals surface area contributed by atoms with Crippen molar-refractivity contribution in [1.82, 2.24) is 0 Å². The minimum absolute atomic E-state index is 0.000278. The molecule has 0 spiro atoms. The van der Waals surface area contributed by atoms with Crippen molar-refractivity contribution in [3.63, 3.8) is 0 Å². The third-order valence-electron chi connectivity index (χ3n) is 7.46. The molecule has 2 nitrogen and oxygen atoms in total. The first kappa shape index (κ1) is 16.2. The number of hydrogen-bond acceptors (Lipinski definition) is 2. The molecule has 0 saturated heterocycles. The van der Waals surface area contributed by atoms with Gasteiger partial charge in [0.05, 0.1) is 6.10 Å². The van der Waals surface area contributed by atoms with Crippen LogP contribution >= 0.6 is 0 Å². The fourth-order valence-corrected chi connectivity index (χ4v) is 5.86. The van der Waals surface area contributed by atoms with Crippen LogP contribution in [0.3, 0.4) is 0 Å². The van der Waals surface area contributed by atoms with E-state index in [1.54, 1.807) is 6.08 Å². The predicted octanol–water partition coefficient (Wildman–Crippen LogP) is 4.88. The smallest absolute Gasteiger partial charge is 0.192 e. The van der Waals surface area contributed by atoms with Crippen LogP contribution in [0.4, 0.5) is 0 Å².